The molecule has 21 heavy (non-hydrogen) atoms. The molecule has 1 aliphatic heterocycles. The molecule has 2 N–H and O–H groups in total. The molecular formula is C17H22N2OS. The number of amides is 1. The van der Waals surface area contributed by atoms with E-state index in [0.29, 0.717) is 13.0 Å². The van der Waals surface area contributed by atoms with Gasteiger partial charge in [-0.25, -0.2) is 0 Å². The molecule has 0 saturated heterocycles. The van der Waals surface area contributed by atoms with Crippen molar-refractivity contribution in [3.63, 3.8) is 0 Å². The van der Waals surface area contributed by atoms with Crippen LogP contribution in [0.15, 0.2) is 53.5 Å². The summed E-state index contributed by atoms with van der Waals surface area (Å²) in [7, 11) is 0. The van der Waals surface area contributed by atoms with E-state index >= 15 is 0 Å². The predicted molar refractivity (Wildman–Crippen MR) is 89.9 cm³/mol. The van der Waals surface area contributed by atoms with Gasteiger partial charge in [0.25, 0.3) is 0 Å². The highest BCUT2D eigenvalue weighted by Gasteiger charge is 2.31. The quantitative estimate of drug-likeness (QED) is 0.909. The Morgan fingerprint density at radius 1 is 1.48 bits per heavy atom. The second-order valence-electron chi connectivity index (χ2n) is 4.98. The summed E-state index contributed by atoms with van der Waals surface area (Å²) >= 11 is 1.75. The van der Waals surface area contributed by atoms with E-state index in [1.165, 1.54) is 4.91 Å². The van der Waals surface area contributed by atoms with Gasteiger partial charge in [-0.05, 0) is 28.7 Å². The number of carbonyl (C=O) groups is 1. The minimum atomic E-state index is -0.0426. The van der Waals surface area contributed by atoms with Crippen LogP contribution in [0.5, 0.6) is 0 Å². The van der Waals surface area contributed by atoms with Crippen molar-refractivity contribution < 1.29 is 4.79 Å². The molecule has 1 unspecified atom stereocenters. The van der Waals surface area contributed by atoms with E-state index in [1.807, 2.05) is 29.2 Å². The third-order valence-electron chi connectivity index (χ3n) is 3.77. The summed E-state index contributed by atoms with van der Waals surface area (Å²) in [5.41, 5.74) is 7.83. The molecule has 2 rings (SSSR count). The normalized spacial score (nSPS) is 18.8. The maximum absolute atomic E-state index is 12.4. The summed E-state index contributed by atoms with van der Waals surface area (Å²) in [5.74, 6) is 0.117. The smallest absolute Gasteiger partial charge is 0.224 e. The molecule has 112 valence electrons. The van der Waals surface area contributed by atoms with E-state index in [0.717, 1.165) is 24.1 Å². The van der Waals surface area contributed by atoms with Crippen LogP contribution in [-0.2, 0) is 4.79 Å². The van der Waals surface area contributed by atoms with Crippen LogP contribution in [-0.4, -0.2) is 30.2 Å². The van der Waals surface area contributed by atoms with Gasteiger partial charge in [0, 0.05) is 19.5 Å². The van der Waals surface area contributed by atoms with Gasteiger partial charge in [0.15, 0.2) is 0 Å². The summed E-state index contributed by atoms with van der Waals surface area (Å²) in [5, 5.41) is 0. The highest BCUT2D eigenvalue weighted by Crippen LogP contribution is 2.39. The van der Waals surface area contributed by atoms with Gasteiger partial charge in [0.2, 0.25) is 5.91 Å². The summed E-state index contributed by atoms with van der Waals surface area (Å²) < 4.78 is 0. The van der Waals surface area contributed by atoms with E-state index in [4.69, 9.17) is 5.73 Å². The van der Waals surface area contributed by atoms with Crippen molar-refractivity contribution in [1.82, 2.24) is 4.90 Å². The highest BCUT2D eigenvalue weighted by molar-refractivity contribution is 8.02. The number of benzene rings is 1. The van der Waals surface area contributed by atoms with Gasteiger partial charge in [0.1, 0.15) is 0 Å². The minimum absolute atomic E-state index is 0.0426. The van der Waals surface area contributed by atoms with Crippen molar-refractivity contribution in [2.75, 3.05) is 19.3 Å². The lowest BCUT2D eigenvalue weighted by atomic mass is 9.92. The van der Waals surface area contributed by atoms with Crippen molar-refractivity contribution in [3.8, 4) is 0 Å². The number of nitrogens with zero attached hydrogens (tertiary/aromatic N) is 1. The molecule has 1 aromatic rings. The molecule has 1 aromatic carbocycles. The molecule has 1 aliphatic rings. The highest BCUT2D eigenvalue weighted by atomic mass is 32.2. The maximum atomic E-state index is 12.4. The minimum Gasteiger partial charge on any atom is -0.331 e. The lowest BCUT2D eigenvalue weighted by Crippen LogP contribution is -2.40. The first-order chi connectivity index (χ1) is 10.2. The van der Waals surface area contributed by atoms with Crippen molar-refractivity contribution in [1.29, 1.82) is 0 Å². The lowest BCUT2D eigenvalue weighted by molar-refractivity contribution is -0.133. The van der Waals surface area contributed by atoms with Crippen molar-refractivity contribution in [3.05, 3.63) is 59.0 Å². The van der Waals surface area contributed by atoms with E-state index in [1.54, 1.807) is 11.8 Å². The molecule has 0 saturated carbocycles. The number of carbonyl (C=O) groups excluding carboxylic acids is 1. The van der Waals surface area contributed by atoms with Crippen LogP contribution in [0, 0.1) is 0 Å². The average molecular weight is 302 g/mol. The zero-order chi connectivity index (χ0) is 15.2. The van der Waals surface area contributed by atoms with Crippen LogP contribution in [0.25, 0.3) is 0 Å². The van der Waals surface area contributed by atoms with Crippen LogP contribution in [0.3, 0.4) is 0 Å². The molecule has 0 aliphatic carbocycles. The lowest BCUT2D eigenvalue weighted by Gasteiger charge is -2.38. The second kappa shape index (κ2) is 7.48. The maximum Gasteiger partial charge on any atom is 0.224 e. The summed E-state index contributed by atoms with van der Waals surface area (Å²) in [4.78, 5) is 15.7. The van der Waals surface area contributed by atoms with Gasteiger partial charge in [-0.1, -0.05) is 43.0 Å². The molecule has 0 radical (unpaired) electrons. The monoisotopic (exact) mass is 302 g/mol. The number of thioether (sulfide) groups is 1. The van der Waals surface area contributed by atoms with Crippen LogP contribution in [0.1, 0.15) is 24.4 Å². The molecule has 0 fully saturated rings. The average Bonchev–Trinajstić information content (AvgIpc) is 2.54. The molecule has 0 aromatic heterocycles. The number of hydrogen-bond acceptors (Lipinski definition) is 3. The molecule has 0 bridgehead atoms. The number of rotatable bonds is 5. The van der Waals surface area contributed by atoms with Crippen LogP contribution >= 0.6 is 11.8 Å². The fraction of sp³-hybridized carbons (Fsp3) is 0.353. The first kappa shape index (κ1) is 15.9. The Morgan fingerprint density at radius 3 is 2.76 bits per heavy atom. The van der Waals surface area contributed by atoms with Gasteiger partial charge in [-0.2, -0.15) is 0 Å². The molecule has 1 amide bonds. The Kier molecular flexibility index (Phi) is 5.65. The predicted octanol–water partition coefficient (Wildman–Crippen LogP) is 3.11. The van der Waals surface area contributed by atoms with E-state index in [9.17, 15) is 4.79 Å². The number of hydrogen-bond donors (Lipinski definition) is 1. The molecule has 1 atom stereocenters. The Balaban J connectivity index is 2.46. The summed E-state index contributed by atoms with van der Waals surface area (Å²) in [6, 6.07) is 10.1. The topological polar surface area (TPSA) is 46.3 Å². The van der Waals surface area contributed by atoms with Crippen LogP contribution < -0.4 is 5.73 Å². The van der Waals surface area contributed by atoms with Gasteiger partial charge in [-0.15, -0.1) is 11.8 Å². The standard InChI is InChI=1S/C17H22N2OS/c1-3-14-15(21-2)10-12-19(16(20)9-11-18)17(14)13-7-5-4-6-8-13/h3-8,17H,1,9-12,18H2,2H3. The first-order valence-electron chi connectivity index (χ1n) is 7.16. The van der Waals surface area contributed by atoms with Crippen LogP contribution in [0.4, 0.5) is 0 Å². The fourth-order valence-corrected chi connectivity index (χ4v) is 3.52. The zero-order valence-electron chi connectivity index (χ0n) is 12.4. The molecule has 1 heterocycles. The third-order valence-corrected chi connectivity index (χ3v) is 4.70. The zero-order valence-corrected chi connectivity index (χ0v) is 13.2. The third kappa shape index (κ3) is 3.39. The van der Waals surface area contributed by atoms with Gasteiger partial charge in [0.05, 0.1) is 6.04 Å². The summed E-state index contributed by atoms with van der Waals surface area (Å²) in [6.07, 6.45) is 5.26. The van der Waals surface area contributed by atoms with Crippen LogP contribution in [0.2, 0.25) is 0 Å². The fourth-order valence-electron chi connectivity index (χ4n) is 2.79. The van der Waals surface area contributed by atoms with E-state index in [2.05, 4.69) is 25.0 Å². The van der Waals surface area contributed by atoms with Gasteiger partial charge in [-0.3, -0.25) is 4.79 Å². The van der Waals surface area contributed by atoms with Gasteiger partial charge >= 0.3 is 0 Å². The Bertz CT molecular complexity index is 539. The van der Waals surface area contributed by atoms with Gasteiger partial charge < -0.3 is 10.6 Å². The largest absolute Gasteiger partial charge is 0.331 e. The number of nitrogens with two attached hydrogens (primary N) is 1. The van der Waals surface area contributed by atoms with Crippen molar-refractivity contribution >= 4 is 17.7 Å². The Hall–Kier alpha value is -1.52. The van der Waals surface area contributed by atoms with Crippen molar-refractivity contribution in [2.45, 2.75) is 18.9 Å². The Labute approximate surface area is 130 Å². The molecular weight excluding hydrogens is 280 g/mol. The molecule has 4 heteroatoms. The first-order valence-corrected chi connectivity index (χ1v) is 8.39. The molecule has 0 spiro atoms. The van der Waals surface area contributed by atoms with E-state index < -0.39 is 0 Å². The second-order valence-corrected chi connectivity index (χ2v) is 5.88. The summed E-state index contributed by atoms with van der Waals surface area (Å²) in [6.45, 7) is 5.09. The van der Waals surface area contributed by atoms with Crippen molar-refractivity contribution in [2.24, 2.45) is 5.73 Å². The molecule has 3 nitrogen and oxygen atoms in total. The SMILES string of the molecule is C=CC1=C(SC)CCN(C(=O)CCN)C1c1ccccc1. The van der Waals surface area contributed by atoms with E-state index in [-0.39, 0.29) is 11.9 Å². The Morgan fingerprint density at radius 2 is 2.19 bits per heavy atom.